The molecule has 0 spiro atoms. The molecule has 3 heterocycles. The number of nitrogens with zero attached hydrogens (tertiary/aromatic N) is 2. The first kappa shape index (κ1) is 15.7. The fourth-order valence-electron chi connectivity index (χ4n) is 3.30. The predicted molar refractivity (Wildman–Crippen MR) is 90.7 cm³/mol. The van der Waals surface area contributed by atoms with Crippen molar-refractivity contribution in [2.24, 2.45) is 5.92 Å². The summed E-state index contributed by atoms with van der Waals surface area (Å²) in [5, 5.41) is 3.55. The zero-order valence-corrected chi connectivity index (χ0v) is 13.6. The average Bonchev–Trinajstić information content (AvgIpc) is 2.79. The van der Waals surface area contributed by atoms with Crippen LogP contribution >= 0.6 is 0 Å². The normalized spacial score (nSPS) is 26.1. The maximum atomic E-state index is 4.67. The van der Waals surface area contributed by atoms with E-state index in [4.69, 9.17) is 0 Å². The smallest absolute Gasteiger partial charge is 0.128 e. The van der Waals surface area contributed by atoms with Crippen molar-refractivity contribution in [3.8, 4) is 0 Å². The summed E-state index contributed by atoms with van der Waals surface area (Å²) in [7, 11) is 0. The maximum Gasteiger partial charge on any atom is 0.128 e. The van der Waals surface area contributed by atoms with Crippen LogP contribution in [0.1, 0.15) is 38.2 Å². The van der Waals surface area contributed by atoms with Crippen LogP contribution in [0.15, 0.2) is 18.3 Å². The molecule has 2 unspecified atom stereocenters. The molecule has 0 aliphatic carbocycles. The van der Waals surface area contributed by atoms with E-state index in [1.54, 1.807) is 0 Å². The molecular weight excluding hydrogens is 274 g/mol. The molecule has 2 fully saturated rings. The molecule has 2 aliphatic rings. The number of hydrogen-bond donors (Lipinski definition) is 3. The largest absolute Gasteiger partial charge is 0.357 e. The summed E-state index contributed by atoms with van der Waals surface area (Å²) < 4.78 is 0. The Balaban J connectivity index is 1.46. The van der Waals surface area contributed by atoms with Crippen LogP contribution in [0, 0.1) is 5.92 Å². The average molecular weight is 303 g/mol. The number of anilines is 1. The van der Waals surface area contributed by atoms with Crippen molar-refractivity contribution in [3.63, 3.8) is 0 Å². The molecule has 1 aromatic rings. The molecule has 1 aromatic heterocycles. The van der Waals surface area contributed by atoms with Crippen molar-refractivity contribution in [1.82, 2.24) is 21.2 Å². The van der Waals surface area contributed by atoms with Crippen LogP contribution in [-0.4, -0.2) is 37.2 Å². The summed E-state index contributed by atoms with van der Waals surface area (Å²) in [5.41, 5.74) is 7.74. The molecule has 0 aromatic carbocycles. The predicted octanol–water partition coefficient (Wildman–Crippen LogP) is 1.66. The van der Waals surface area contributed by atoms with Gasteiger partial charge in [-0.1, -0.05) is 18.9 Å². The number of nitrogens with one attached hydrogen (secondary N) is 3. The summed E-state index contributed by atoms with van der Waals surface area (Å²) in [6, 6.07) is 4.94. The Morgan fingerprint density at radius 1 is 1.23 bits per heavy atom. The number of hydrogen-bond acceptors (Lipinski definition) is 5. The zero-order chi connectivity index (χ0) is 15.2. The number of pyridine rings is 1. The van der Waals surface area contributed by atoms with Gasteiger partial charge in [0.15, 0.2) is 0 Å². The van der Waals surface area contributed by atoms with Crippen molar-refractivity contribution < 1.29 is 0 Å². The minimum absolute atomic E-state index is 0.538. The molecule has 3 rings (SSSR count). The number of rotatable bonds is 5. The van der Waals surface area contributed by atoms with Gasteiger partial charge >= 0.3 is 0 Å². The molecule has 5 heteroatoms. The molecule has 2 saturated heterocycles. The molecule has 0 saturated carbocycles. The quantitative estimate of drug-likeness (QED) is 0.772. The van der Waals surface area contributed by atoms with Crippen LogP contribution in [0.5, 0.6) is 0 Å². The lowest BCUT2D eigenvalue weighted by Crippen LogP contribution is -2.32. The van der Waals surface area contributed by atoms with E-state index in [9.17, 15) is 0 Å². The third-order valence-electron chi connectivity index (χ3n) is 4.88. The van der Waals surface area contributed by atoms with Gasteiger partial charge in [-0.25, -0.2) is 4.98 Å². The second-order valence-electron chi connectivity index (χ2n) is 6.63. The summed E-state index contributed by atoms with van der Waals surface area (Å²) in [6.07, 6.45) is 7.35. The first-order chi connectivity index (χ1) is 10.8. The molecule has 0 radical (unpaired) electrons. The fourth-order valence-corrected chi connectivity index (χ4v) is 3.30. The maximum absolute atomic E-state index is 4.67. The minimum Gasteiger partial charge on any atom is -0.357 e. The first-order valence-electron chi connectivity index (χ1n) is 8.72. The van der Waals surface area contributed by atoms with E-state index in [1.807, 2.05) is 6.20 Å². The van der Waals surface area contributed by atoms with Gasteiger partial charge in [0.1, 0.15) is 5.82 Å². The van der Waals surface area contributed by atoms with E-state index in [-0.39, 0.29) is 0 Å². The molecule has 5 nitrogen and oxygen atoms in total. The highest BCUT2D eigenvalue weighted by Gasteiger charge is 2.21. The Morgan fingerprint density at radius 2 is 2.05 bits per heavy atom. The Hall–Kier alpha value is -1.17. The Morgan fingerprint density at radius 3 is 2.68 bits per heavy atom. The van der Waals surface area contributed by atoms with Crippen LogP contribution in [0.3, 0.4) is 0 Å². The molecule has 2 atom stereocenters. The monoisotopic (exact) mass is 303 g/mol. The van der Waals surface area contributed by atoms with Gasteiger partial charge in [-0.05, 0) is 31.4 Å². The number of aromatic nitrogens is 1. The van der Waals surface area contributed by atoms with Gasteiger partial charge in [-0.3, -0.25) is 10.9 Å². The Labute approximate surface area is 133 Å². The highest BCUT2D eigenvalue weighted by Crippen LogP contribution is 2.17. The van der Waals surface area contributed by atoms with Crippen LogP contribution in [0.25, 0.3) is 0 Å². The second kappa shape index (κ2) is 7.90. The van der Waals surface area contributed by atoms with E-state index in [0.29, 0.717) is 12.0 Å². The van der Waals surface area contributed by atoms with E-state index in [1.165, 1.54) is 31.2 Å². The summed E-state index contributed by atoms with van der Waals surface area (Å²) in [6.45, 7) is 7.52. The Kier molecular flexibility index (Phi) is 5.64. The molecule has 0 amide bonds. The van der Waals surface area contributed by atoms with Gasteiger partial charge in [0.05, 0.1) is 0 Å². The molecule has 0 bridgehead atoms. The van der Waals surface area contributed by atoms with Crippen LogP contribution < -0.4 is 21.1 Å². The van der Waals surface area contributed by atoms with Gasteiger partial charge in [0.25, 0.3) is 0 Å². The molecule has 3 N–H and O–H groups in total. The lowest BCUT2D eigenvalue weighted by atomic mass is 10.0. The van der Waals surface area contributed by atoms with Crippen LogP contribution in [-0.2, 0) is 6.54 Å². The lowest BCUT2D eigenvalue weighted by molar-refractivity contribution is 0.454. The molecule has 2 aliphatic heterocycles. The van der Waals surface area contributed by atoms with Gasteiger partial charge in [-0.15, -0.1) is 0 Å². The van der Waals surface area contributed by atoms with Crippen molar-refractivity contribution in [1.29, 1.82) is 0 Å². The van der Waals surface area contributed by atoms with E-state index >= 15 is 0 Å². The van der Waals surface area contributed by atoms with Crippen molar-refractivity contribution in [3.05, 3.63) is 23.9 Å². The topological polar surface area (TPSA) is 52.2 Å². The minimum atomic E-state index is 0.538. The van der Waals surface area contributed by atoms with Crippen molar-refractivity contribution in [2.45, 2.75) is 45.2 Å². The number of hydrazine groups is 1. The summed E-state index contributed by atoms with van der Waals surface area (Å²) in [4.78, 5) is 7.10. The van der Waals surface area contributed by atoms with Crippen molar-refractivity contribution in [2.75, 3.05) is 31.1 Å². The SMILES string of the molecule is CC1NNCC1CNCc1ccc(N2CCCCCC2)nc1. The van der Waals surface area contributed by atoms with Gasteiger partial charge in [0, 0.05) is 50.9 Å². The molecular formula is C17H29N5. The third-order valence-corrected chi connectivity index (χ3v) is 4.88. The lowest BCUT2D eigenvalue weighted by Gasteiger charge is -2.21. The highest BCUT2D eigenvalue weighted by molar-refractivity contribution is 5.39. The standard InChI is InChI=1S/C17H29N5/c1-14-16(13-20-21-14)12-18-10-15-6-7-17(19-11-15)22-8-4-2-3-5-9-22/h6-7,11,14,16,18,20-21H,2-5,8-10,12-13H2,1H3. The third kappa shape index (κ3) is 4.18. The fraction of sp³-hybridized carbons (Fsp3) is 0.706. The summed E-state index contributed by atoms with van der Waals surface area (Å²) in [5.74, 6) is 1.80. The van der Waals surface area contributed by atoms with E-state index < -0.39 is 0 Å². The van der Waals surface area contributed by atoms with Crippen molar-refractivity contribution >= 4 is 5.82 Å². The zero-order valence-electron chi connectivity index (χ0n) is 13.6. The van der Waals surface area contributed by atoms with E-state index in [0.717, 1.165) is 38.5 Å². The van der Waals surface area contributed by atoms with E-state index in [2.05, 4.69) is 45.1 Å². The first-order valence-corrected chi connectivity index (χ1v) is 8.72. The van der Waals surface area contributed by atoms with Gasteiger partial charge in [-0.2, -0.15) is 0 Å². The Bertz CT molecular complexity index is 439. The van der Waals surface area contributed by atoms with Crippen LogP contribution in [0.4, 0.5) is 5.82 Å². The molecule has 22 heavy (non-hydrogen) atoms. The second-order valence-corrected chi connectivity index (χ2v) is 6.63. The highest BCUT2D eigenvalue weighted by atomic mass is 15.4. The van der Waals surface area contributed by atoms with Crippen LogP contribution in [0.2, 0.25) is 0 Å². The summed E-state index contributed by atoms with van der Waals surface area (Å²) >= 11 is 0. The molecule has 122 valence electrons. The van der Waals surface area contributed by atoms with Gasteiger partial charge < -0.3 is 10.2 Å². The van der Waals surface area contributed by atoms with Gasteiger partial charge in [0.2, 0.25) is 0 Å².